The van der Waals surface area contributed by atoms with Crippen LogP contribution in [0.15, 0.2) is 41.5 Å². The van der Waals surface area contributed by atoms with Gasteiger partial charge < -0.3 is 19.7 Å². The highest BCUT2D eigenvalue weighted by atomic mass is 16.5. The molecule has 7 nitrogen and oxygen atoms in total. The molecule has 4 rings (SSSR count). The van der Waals surface area contributed by atoms with Gasteiger partial charge >= 0.3 is 0 Å². The maximum atomic E-state index is 8.40. The summed E-state index contributed by atoms with van der Waals surface area (Å²) in [7, 11) is 0. The fourth-order valence-electron chi connectivity index (χ4n) is 3.50. The van der Waals surface area contributed by atoms with E-state index in [2.05, 4.69) is 32.4 Å². The summed E-state index contributed by atoms with van der Waals surface area (Å²) in [5, 5.41) is 7.00. The van der Waals surface area contributed by atoms with E-state index in [9.17, 15) is 0 Å². The van der Waals surface area contributed by atoms with Crippen LogP contribution < -0.4 is 19.7 Å². The van der Waals surface area contributed by atoms with Gasteiger partial charge in [0.25, 0.3) is 0 Å². The van der Waals surface area contributed by atoms with E-state index < -0.39 is 0 Å². The molecule has 2 aliphatic rings. The summed E-state index contributed by atoms with van der Waals surface area (Å²) in [5.41, 5.74) is 11.3. The number of benzene rings is 2. The topological polar surface area (TPSA) is 82.5 Å². The number of nitrogens with one attached hydrogen (secondary N) is 1. The lowest BCUT2D eigenvalue weighted by atomic mass is 10.1. The monoisotopic (exact) mass is 365 g/mol. The largest absolute Gasteiger partial charge is 0.491 e. The number of nitrogens with zero attached hydrogens (tertiary/aromatic N) is 4. The third-order valence-corrected chi connectivity index (χ3v) is 4.86. The van der Waals surface area contributed by atoms with E-state index in [4.69, 9.17) is 15.0 Å². The normalized spacial score (nSPS) is 14.9. The minimum absolute atomic E-state index is 0.428. The Hall–Kier alpha value is -3.05. The Morgan fingerprint density at radius 3 is 2.85 bits per heavy atom. The van der Waals surface area contributed by atoms with E-state index in [-0.39, 0.29) is 0 Å². The summed E-state index contributed by atoms with van der Waals surface area (Å²) < 4.78 is 12.2. The first-order valence-corrected chi connectivity index (χ1v) is 9.46. The van der Waals surface area contributed by atoms with Crippen molar-refractivity contribution in [3.05, 3.63) is 46.8 Å². The predicted molar refractivity (Wildman–Crippen MR) is 106 cm³/mol. The van der Waals surface area contributed by atoms with E-state index in [1.54, 1.807) is 0 Å². The van der Waals surface area contributed by atoms with E-state index >= 15 is 0 Å². The van der Waals surface area contributed by atoms with Gasteiger partial charge in [0.05, 0.1) is 12.3 Å². The van der Waals surface area contributed by atoms with Crippen molar-refractivity contribution in [2.45, 2.75) is 25.7 Å². The van der Waals surface area contributed by atoms with Crippen molar-refractivity contribution in [3.8, 4) is 17.2 Å². The molecular weight excluding hydrogens is 342 g/mol. The Morgan fingerprint density at radius 1 is 1.15 bits per heavy atom. The molecule has 140 valence electrons. The lowest BCUT2D eigenvalue weighted by molar-refractivity contribution is 0.313. The van der Waals surface area contributed by atoms with Gasteiger partial charge in [-0.15, -0.1) is 0 Å². The predicted octanol–water partition coefficient (Wildman–Crippen LogP) is 5.61. The molecule has 0 unspecified atom stereocenters. The molecular formula is C20H23N5O2. The summed E-state index contributed by atoms with van der Waals surface area (Å²) in [6.45, 7) is 3.02. The average Bonchev–Trinajstić information content (AvgIpc) is 2.72. The lowest BCUT2D eigenvalue weighted by Crippen LogP contribution is -2.29. The first-order chi connectivity index (χ1) is 13.3. The number of fused-ring (bicyclic) bond motifs is 2. The molecule has 0 atom stereocenters. The standard InChI is InChI=1S/C20H23N5O2/c21-24-22-9-6-12-26-18-13-15(25-10-4-1-5-11-25)14-19-20(18)23-16-7-2-3-8-17(16)27-19/h2-3,7-8,13-14,23H,1,4-6,9-12H2. The molecule has 0 aliphatic carbocycles. The first kappa shape index (κ1) is 17.4. The summed E-state index contributed by atoms with van der Waals surface area (Å²) in [6, 6.07) is 12.1. The van der Waals surface area contributed by atoms with Gasteiger partial charge in [0.2, 0.25) is 0 Å². The molecule has 1 fully saturated rings. The van der Waals surface area contributed by atoms with Gasteiger partial charge in [-0.05, 0) is 43.3 Å². The molecule has 0 radical (unpaired) electrons. The Bertz CT molecular complexity index is 857. The Labute approximate surface area is 158 Å². The van der Waals surface area contributed by atoms with Crippen molar-refractivity contribution in [1.29, 1.82) is 0 Å². The van der Waals surface area contributed by atoms with Crippen molar-refractivity contribution >= 4 is 17.1 Å². The van der Waals surface area contributed by atoms with Gasteiger partial charge in [-0.2, -0.15) is 0 Å². The van der Waals surface area contributed by atoms with Gasteiger partial charge in [0.1, 0.15) is 11.4 Å². The number of piperidine rings is 1. The van der Waals surface area contributed by atoms with Gasteiger partial charge in [-0.3, -0.25) is 0 Å². The van der Waals surface area contributed by atoms with Crippen LogP contribution in [0.4, 0.5) is 17.1 Å². The second-order valence-electron chi connectivity index (χ2n) is 6.74. The van der Waals surface area contributed by atoms with Crippen LogP contribution in [0.25, 0.3) is 10.4 Å². The number of hydrogen-bond acceptors (Lipinski definition) is 5. The average molecular weight is 365 g/mol. The zero-order valence-corrected chi connectivity index (χ0v) is 15.2. The summed E-state index contributed by atoms with van der Waals surface area (Å²) in [5.74, 6) is 2.36. The van der Waals surface area contributed by atoms with E-state index in [1.165, 1.54) is 19.3 Å². The second kappa shape index (κ2) is 8.10. The molecule has 0 spiro atoms. The van der Waals surface area contributed by atoms with Crippen LogP contribution in [-0.2, 0) is 0 Å². The number of azide groups is 1. The zero-order chi connectivity index (χ0) is 18.5. The first-order valence-electron chi connectivity index (χ1n) is 9.46. The highest BCUT2D eigenvalue weighted by Gasteiger charge is 2.23. The fraction of sp³-hybridized carbons (Fsp3) is 0.400. The maximum absolute atomic E-state index is 8.40. The number of ether oxygens (including phenoxy) is 2. The Balaban J connectivity index is 1.62. The van der Waals surface area contributed by atoms with Gasteiger partial charge in [-0.1, -0.05) is 17.2 Å². The molecule has 1 N–H and O–H groups in total. The molecule has 2 aromatic rings. The molecule has 2 aromatic carbocycles. The van der Waals surface area contributed by atoms with Crippen LogP contribution >= 0.6 is 0 Å². The Kier molecular flexibility index (Phi) is 5.21. The minimum atomic E-state index is 0.428. The number of para-hydroxylation sites is 2. The van der Waals surface area contributed by atoms with Crippen LogP contribution in [0.2, 0.25) is 0 Å². The fourth-order valence-corrected chi connectivity index (χ4v) is 3.50. The van der Waals surface area contributed by atoms with Gasteiger partial charge in [0.15, 0.2) is 11.5 Å². The van der Waals surface area contributed by atoms with Crippen molar-refractivity contribution < 1.29 is 9.47 Å². The summed E-state index contributed by atoms with van der Waals surface area (Å²) in [6.07, 6.45) is 4.38. The number of anilines is 3. The third-order valence-electron chi connectivity index (χ3n) is 4.86. The third kappa shape index (κ3) is 3.88. The molecule has 2 heterocycles. The van der Waals surface area contributed by atoms with Crippen LogP contribution in [0.3, 0.4) is 0 Å². The van der Waals surface area contributed by atoms with Crippen LogP contribution in [0.5, 0.6) is 17.2 Å². The minimum Gasteiger partial charge on any atom is -0.491 e. The zero-order valence-electron chi connectivity index (χ0n) is 15.2. The van der Waals surface area contributed by atoms with Crippen molar-refractivity contribution in [2.75, 3.05) is 36.5 Å². The molecule has 0 amide bonds. The molecule has 2 aliphatic heterocycles. The highest BCUT2D eigenvalue weighted by Crippen LogP contribution is 2.48. The summed E-state index contributed by atoms with van der Waals surface area (Å²) in [4.78, 5) is 5.17. The quantitative estimate of drug-likeness (QED) is 0.266. The SMILES string of the molecule is [N-]=[N+]=NCCCOc1cc(N2CCCCC2)cc2c1Nc1ccccc1O2. The lowest BCUT2D eigenvalue weighted by Gasteiger charge is -2.31. The van der Waals surface area contributed by atoms with Crippen molar-refractivity contribution in [3.63, 3.8) is 0 Å². The Morgan fingerprint density at radius 2 is 2.00 bits per heavy atom. The van der Waals surface area contributed by atoms with Crippen LogP contribution in [0, 0.1) is 0 Å². The van der Waals surface area contributed by atoms with Crippen LogP contribution in [-0.4, -0.2) is 26.2 Å². The molecule has 7 heteroatoms. The van der Waals surface area contributed by atoms with Crippen molar-refractivity contribution in [1.82, 2.24) is 0 Å². The van der Waals surface area contributed by atoms with E-state index in [0.717, 1.165) is 47.4 Å². The highest BCUT2D eigenvalue weighted by molar-refractivity contribution is 5.82. The van der Waals surface area contributed by atoms with E-state index in [1.807, 2.05) is 24.3 Å². The number of hydrogen-bond donors (Lipinski definition) is 1. The molecule has 0 bridgehead atoms. The van der Waals surface area contributed by atoms with Gasteiger partial charge in [-0.25, -0.2) is 0 Å². The molecule has 0 aromatic heterocycles. The van der Waals surface area contributed by atoms with Gasteiger partial charge in [0, 0.05) is 42.4 Å². The molecule has 27 heavy (non-hydrogen) atoms. The number of rotatable bonds is 6. The molecule has 1 saturated heterocycles. The van der Waals surface area contributed by atoms with Crippen LogP contribution in [0.1, 0.15) is 25.7 Å². The van der Waals surface area contributed by atoms with E-state index in [0.29, 0.717) is 19.6 Å². The second-order valence-corrected chi connectivity index (χ2v) is 6.74. The molecule has 0 saturated carbocycles. The smallest absolute Gasteiger partial charge is 0.156 e. The van der Waals surface area contributed by atoms with Crippen molar-refractivity contribution in [2.24, 2.45) is 5.11 Å². The maximum Gasteiger partial charge on any atom is 0.156 e. The summed E-state index contributed by atoms with van der Waals surface area (Å²) >= 11 is 0.